The molecular formula is C17H20Cl2N4O2. The van der Waals surface area contributed by atoms with Gasteiger partial charge in [-0.3, -0.25) is 15.0 Å². The van der Waals surface area contributed by atoms with E-state index in [0.29, 0.717) is 16.8 Å². The summed E-state index contributed by atoms with van der Waals surface area (Å²) < 4.78 is 0. The van der Waals surface area contributed by atoms with Crippen LogP contribution in [0.25, 0.3) is 0 Å². The van der Waals surface area contributed by atoms with Crippen LogP contribution in [0.2, 0.25) is 5.02 Å². The van der Waals surface area contributed by atoms with Gasteiger partial charge in [-0.15, -0.1) is 11.6 Å². The first-order valence-electron chi connectivity index (χ1n) is 8.29. The van der Waals surface area contributed by atoms with Crippen molar-refractivity contribution in [3.05, 3.63) is 29.3 Å². The first kappa shape index (κ1) is 18.2. The molecule has 134 valence electrons. The van der Waals surface area contributed by atoms with Crippen LogP contribution in [-0.2, 0) is 4.79 Å². The minimum absolute atomic E-state index is 0.0704. The predicted octanol–water partition coefficient (Wildman–Crippen LogP) is 3.23. The number of alkyl halides is 1. The molecule has 2 aliphatic rings. The third-order valence-corrected chi connectivity index (χ3v) is 5.10. The van der Waals surface area contributed by atoms with Crippen molar-refractivity contribution in [2.24, 2.45) is 4.99 Å². The van der Waals surface area contributed by atoms with Crippen LogP contribution < -0.4 is 10.2 Å². The molecule has 1 N–H and O–H groups in total. The Kier molecular flexibility index (Phi) is 5.61. The molecule has 1 saturated carbocycles. The SMILES string of the molecule is CN1C(=O)N(c2ccccc2Cl)C(=O)/C1=N\C(CCl)NC1CCCC1. The van der Waals surface area contributed by atoms with Crippen molar-refractivity contribution < 1.29 is 9.59 Å². The lowest BCUT2D eigenvalue weighted by atomic mass is 10.2. The molecule has 1 heterocycles. The number of aliphatic imine (C=N–C) groups is 1. The minimum atomic E-state index is -0.496. The Balaban J connectivity index is 1.85. The Morgan fingerprint density at radius 3 is 2.60 bits per heavy atom. The van der Waals surface area contributed by atoms with E-state index in [9.17, 15) is 9.59 Å². The number of likely N-dealkylation sites (N-methyl/N-ethyl adjacent to an activating group) is 1. The molecule has 1 unspecified atom stereocenters. The molecule has 0 aromatic heterocycles. The van der Waals surface area contributed by atoms with Crippen molar-refractivity contribution in [3.63, 3.8) is 0 Å². The third kappa shape index (κ3) is 3.66. The first-order valence-corrected chi connectivity index (χ1v) is 9.20. The molecule has 1 saturated heterocycles. The Hall–Kier alpha value is -1.63. The summed E-state index contributed by atoms with van der Waals surface area (Å²) in [6.07, 6.45) is 4.10. The molecule has 25 heavy (non-hydrogen) atoms. The van der Waals surface area contributed by atoms with Gasteiger partial charge in [-0.05, 0) is 25.0 Å². The Labute approximate surface area is 156 Å². The number of hydrogen-bond acceptors (Lipinski definition) is 4. The van der Waals surface area contributed by atoms with Crippen molar-refractivity contribution in [1.29, 1.82) is 0 Å². The van der Waals surface area contributed by atoms with Gasteiger partial charge in [-0.25, -0.2) is 14.7 Å². The van der Waals surface area contributed by atoms with Gasteiger partial charge < -0.3 is 0 Å². The van der Waals surface area contributed by atoms with Gasteiger partial charge in [0.15, 0.2) is 0 Å². The summed E-state index contributed by atoms with van der Waals surface area (Å²) in [5, 5.41) is 3.69. The lowest BCUT2D eigenvalue weighted by Gasteiger charge is -2.18. The summed E-state index contributed by atoms with van der Waals surface area (Å²) >= 11 is 12.2. The summed E-state index contributed by atoms with van der Waals surface area (Å²) in [5.74, 6) is -0.202. The molecule has 0 spiro atoms. The number of anilines is 1. The molecule has 1 aromatic rings. The summed E-state index contributed by atoms with van der Waals surface area (Å²) in [4.78, 5) is 32.0. The van der Waals surface area contributed by atoms with Crippen LogP contribution in [0.15, 0.2) is 29.3 Å². The summed E-state index contributed by atoms with van der Waals surface area (Å²) in [7, 11) is 1.52. The number of benzene rings is 1. The highest BCUT2D eigenvalue weighted by Gasteiger charge is 2.42. The van der Waals surface area contributed by atoms with Gasteiger partial charge >= 0.3 is 11.9 Å². The number of carbonyl (C=O) groups excluding carboxylic acids is 2. The van der Waals surface area contributed by atoms with Crippen molar-refractivity contribution in [2.45, 2.75) is 37.9 Å². The number of halogens is 2. The largest absolute Gasteiger partial charge is 0.337 e. The number of amides is 3. The topological polar surface area (TPSA) is 65.0 Å². The summed E-state index contributed by atoms with van der Waals surface area (Å²) in [6.45, 7) is 0. The zero-order chi connectivity index (χ0) is 18.0. The third-order valence-electron chi connectivity index (χ3n) is 4.49. The Morgan fingerprint density at radius 2 is 1.96 bits per heavy atom. The number of urea groups is 1. The number of hydrogen-bond donors (Lipinski definition) is 1. The van der Waals surface area contributed by atoms with Gasteiger partial charge in [0.25, 0.3) is 0 Å². The van der Waals surface area contributed by atoms with Crippen LogP contribution in [0.4, 0.5) is 10.5 Å². The van der Waals surface area contributed by atoms with E-state index in [2.05, 4.69) is 10.3 Å². The minimum Gasteiger partial charge on any atom is -0.292 e. The molecule has 1 aliphatic heterocycles. The average molecular weight is 383 g/mol. The average Bonchev–Trinajstić information content (AvgIpc) is 3.18. The van der Waals surface area contributed by atoms with Gasteiger partial charge in [0, 0.05) is 13.1 Å². The van der Waals surface area contributed by atoms with Gasteiger partial charge in [0.1, 0.15) is 6.17 Å². The first-order chi connectivity index (χ1) is 12.0. The molecule has 0 bridgehead atoms. The normalized spacial score (nSPS) is 21.6. The Morgan fingerprint density at radius 1 is 1.28 bits per heavy atom. The van der Waals surface area contributed by atoms with Crippen molar-refractivity contribution in [3.8, 4) is 0 Å². The second kappa shape index (κ2) is 7.72. The fraction of sp³-hybridized carbons (Fsp3) is 0.471. The van der Waals surface area contributed by atoms with Crippen LogP contribution >= 0.6 is 23.2 Å². The molecule has 2 fully saturated rings. The highest BCUT2D eigenvalue weighted by Crippen LogP contribution is 2.29. The molecule has 6 nitrogen and oxygen atoms in total. The smallest absolute Gasteiger partial charge is 0.292 e. The van der Waals surface area contributed by atoms with E-state index in [1.54, 1.807) is 24.3 Å². The molecule has 3 amide bonds. The predicted molar refractivity (Wildman–Crippen MR) is 99.4 cm³/mol. The quantitative estimate of drug-likeness (QED) is 0.627. The van der Waals surface area contributed by atoms with Gasteiger partial charge in [-0.1, -0.05) is 36.6 Å². The second-order valence-corrected chi connectivity index (χ2v) is 6.92. The van der Waals surface area contributed by atoms with Crippen molar-refractivity contribution in [2.75, 3.05) is 17.8 Å². The van der Waals surface area contributed by atoms with Crippen LogP contribution in [0.5, 0.6) is 0 Å². The highest BCUT2D eigenvalue weighted by molar-refractivity contribution is 6.55. The van der Waals surface area contributed by atoms with E-state index in [1.807, 2.05) is 0 Å². The van der Waals surface area contributed by atoms with Gasteiger partial charge in [0.2, 0.25) is 5.84 Å². The van der Waals surface area contributed by atoms with E-state index in [1.165, 1.54) is 24.8 Å². The van der Waals surface area contributed by atoms with Crippen LogP contribution in [0, 0.1) is 0 Å². The maximum Gasteiger partial charge on any atom is 0.337 e. The fourth-order valence-electron chi connectivity index (χ4n) is 3.19. The number of rotatable bonds is 5. The molecule has 8 heteroatoms. The van der Waals surface area contributed by atoms with E-state index in [0.717, 1.165) is 17.7 Å². The van der Waals surface area contributed by atoms with Crippen molar-refractivity contribution >= 4 is 46.7 Å². The van der Waals surface area contributed by atoms with Gasteiger partial charge in [0.05, 0.1) is 16.6 Å². The monoisotopic (exact) mass is 382 g/mol. The maximum absolute atomic E-state index is 12.8. The zero-order valence-corrected chi connectivity index (χ0v) is 15.4. The van der Waals surface area contributed by atoms with E-state index >= 15 is 0 Å². The molecule has 1 atom stereocenters. The molecule has 1 aromatic carbocycles. The second-order valence-electron chi connectivity index (χ2n) is 6.20. The highest BCUT2D eigenvalue weighted by atomic mass is 35.5. The molecule has 1 aliphatic carbocycles. The summed E-state index contributed by atoms with van der Waals surface area (Å²) in [5.41, 5.74) is 0.349. The number of nitrogens with zero attached hydrogens (tertiary/aromatic N) is 3. The van der Waals surface area contributed by atoms with E-state index in [4.69, 9.17) is 23.2 Å². The molecule has 3 rings (SSSR count). The van der Waals surface area contributed by atoms with Crippen molar-refractivity contribution in [1.82, 2.24) is 10.2 Å². The molecular weight excluding hydrogens is 363 g/mol. The number of nitrogens with one attached hydrogen (secondary N) is 1. The van der Waals surface area contributed by atoms with E-state index < -0.39 is 18.1 Å². The molecule has 0 radical (unpaired) electrons. The number of amidine groups is 1. The van der Waals surface area contributed by atoms with E-state index in [-0.39, 0.29) is 11.7 Å². The van der Waals surface area contributed by atoms with Crippen LogP contribution in [0.3, 0.4) is 0 Å². The van der Waals surface area contributed by atoms with Gasteiger partial charge in [-0.2, -0.15) is 0 Å². The number of imide groups is 1. The van der Waals surface area contributed by atoms with Crippen LogP contribution in [-0.4, -0.2) is 47.8 Å². The zero-order valence-electron chi connectivity index (χ0n) is 13.9. The number of para-hydroxylation sites is 1. The maximum atomic E-state index is 12.8. The number of carbonyl (C=O) groups is 2. The standard InChI is InChI=1S/C17H20Cl2N4O2/c1-22-15(21-14(10-18)20-11-6-2-3-7-11)16(24)23(17(22)25)13-9-5-4-8-12(13)19/h4-5,8-9,11,14,20H,2-3,6-7,10H2,1H3/b21-15+. The van der Waals surface area contributed by atoms with Crippen LogP contribution in [0.1, 0.15) is 25.7 Å². The summed E-state index contributed by atoms with van der Waals surface area (Å²) in [6, 6.07) is 6.60. The lowest BCUT2D eigenvalue weighted by molar-refractivity contribution is -0.111. The Bertz CT molecular complexity index is 704. The lowest BCUT2D eigenvalue weighted by Crippen LogP contribution is -2.39. The fourth-order valence-corrected chi connectivity index (χ4v) is 3.57.